The molecule has 0 aliphatic rings. The van der Waals surface area contributed by atoms with Crippen molar-refractivity contribution in [2.45, 2.75) is 19.4 Å². The van der Waals surface area contributed by atoms with Crippen LogP contribution in [-0.2, 0) is 19.1 Å². The minimum absolute atomic E-state index is 0.377. The molecule has 0 saturated carbocycles. The summed E-state index contributed by atoms with van der Waals surface area (Å²) in [6.45, 7) is 1.07. The fourth-order valence-corrected chi connectivity index (χ4v) is 1.32. The average Bonchev–Trinajstić information content (AvgIpc) is 2.02. The first-order valence-electron chi connectivity index (χ1n) is 3.56. The van der Waals surface area contributed by atoms with Gasteiger partial charge in [0, 0.05) is 0 Å². The molecule has 0 saturated heterocycles. The molecule has 0 rings (SSSR count). The summed E-state index contributed by atoms with van der Waals surface area (Å²) in [5.41, 5.74) is 0. The van der Waals surface area contributed by atoms with Crippen LogP contribution in [0, 0.1) is 0 Å². The molecule has 0 aromatic carbocycles. The van der Waals surface area contributed by atoms with Gasteiger partial charge in [-0.3, -0.25) is 0 Å². The van der Waals surface area contributed by atoms with E-state index < -0.39 is 44.2 Å². The summed E-state index contributed by atoms with van der Waals surface area (Å²) in [7, 11) is 0.787. The number of aliphatic carboxylic acids is 1. The second-order valence-corrected chi connectivity index (χ2v) is 4.02. The number of rotatable bonds is 5. The van der Waals surface area contributed by atoms with Gasteiger partial charge >= 0.3 is 91.3 Å². The summed E-state index contributed by atoms with van der Waals surface area (Å²) >= 11 is -1.02. The van der Waals surface area contributed by atoms with Gasteiger partial charge in [-0.1, -0.05) is 0 Å². The predicted molar refractivity (Wildman–Crippen MR) is 41.8 cm³/mol. The number of carbonyl (C=O) groups excluding carboxylic acids is 2. The summed E-state index contributed by atoms with van der Waals surface area (Å²) in [5, 5.41) is 8.13. The van der Waals surface area contributed by atoms with Gasteiger partial charge < -0.3 is 0 Å². The Labute approximate surface area is 91.2 Å². The van der Waals surface area contributed by atoms with Crippen LogP contribution in [0.4, 0.5) is 0 Å². The standard InChI is InChI=1S/C6H8IO5S/c1-3(8)12-4(6(10)11)2-5(9)13-7/h4,7H,2H2,1H3,(H,10,11)/q-1/t4-/m0/s1/i7T. The normalized spacial score (nSPS) is 13.2. The maximum atomic E-state index is 11.0. The van der Waals surface area contributed by atoms with E-state index >= 15 is 0 Å². The number of carbonyl (C=O) groups is 3. The van der Waals surface area contributed by atoms with Crippen LogP contribution in [0.1, 0.15) is 13.3 Å². The van der Waals surface area contributed by atoms with Gasteiger partial charge in [0.15, 0.2) is 0 Å². The quantitative estimate of drug-likeness (QED) is 0.426. The Morgan fingerprint density at radius 2 is 2.31 bits per heavy atom. The van der Waals surface area contributed by atoms with Crippen LogP contribution in [0.5, 0.6) is 0 Å². The molecule has 76 valence electrons. The van der Waals surface area contributed by atoms with Crippen molar-refractivity contribution < 1.29 is 45.2 Å². The summed E-state index contributed by atoms with van der Waals surface area (Å²) < 4.78 is 11.2. The number of halogens is 1. The summed E-state index contributed by atoms with van der Waals surface area (Å²) in [6.07, 6.45) is -1.80. The van der Waals surface area contributed by atoms with Crippen molar-refractivity contribution >= 4 is 26.0 Å². The molecule has 0 unspecified atom stereocenters. The Morgan fingerprint density at radius 1 is 1.69 bits per heavy atom. The Kier molecular flexibility index (Phi) is 5.13. The van der Waals surface area contributed by atoms with Crippen LogP contribution >= 0.6 is 8.93 Å². The molecule has 0 aliphatic heterocycles. The van der Waals surface area contributed by atoms with Crippen molar-refractivity contribution in [2.75, 3.05) is 0 Å². The molecule has 0 fully saturated rings. The monoisotopic (exact) mass is 321 g/mol. The molecule has 0 spiro atoms. The third-order valence-electron chi connectivity index (χ3n) is 1.02. The van der Waals surface area contributed by atoms with Crippen molar-refractivity contribution in [2.24, 2.45) is 0 Å². The van der Waals surface area contributed by atoms with Crippen LogP contribution in [0.15, 0.2) is 0 Å². The molecule has 13 heavy (non-hydrogen) atoms. The third kappa shape index (κ3) is 5.86. The molecule has 7 heteroatoms. The number of esters is 1. The Balaban J connectivity index is 4.16. The molecule has 0 aliphatic carbocycles. The number of carboxylic acid groups (broad SMARTS) is 1. The van der Waals surface area contributed by atoms with Crippen LogP contribution in [0.25, 0.3) is 0 Å². The van der Waals surface area contributed by atoms with Gasteiger partial charge in [0.2, 0.25) is 0 Å². The predicted octanol–water partition coefficient (Wildman–Crippen LogP) is -3.15. The molecule has 0 aromatic rings. The van der Waals surface area contributed by atoms with E-state index in [4.69, 9.17) is 5.70 Å². The zero-order valence-corrected chi connectivity index (χ0v) is 9.62. The van der Waals surface area contributed by atoms with E-state index in [-0.39, 0.29) is 6.42 Å². The van der Waals surface area contributed by atoms with E-state index in [0.717, 1.165) is 15.9 Å². The summed E-state index contributed by atoms with van der Waals surface area (Å²) in [4.78, 5) is 31.9. The van der Waals surface area contributed by atoms with Crippen molar-refractivity contribution in [3.8, 4) is 0 Å². The summed E-state index contributed by atoms with van der Waals surface area (Å²) in [6, 6.07) is 0. The molecule has 0 bridgehead atoms. The molecule has 0 amide bonds. The number of ether oxygens (including phenoxy) is 1. The number of hydrogen-bond donors (Lipinski definition) is 1. The van der Waals surface area contributed by atoms with Crippen LogP contribution in [0.3, 0.4) is 0 Å². The Bertz CT molecular complexity index is 246. The van der Waals surface area contributed by atoms with E-state index in [1.165, 1.54) is 0 Å². The number of hydrogen-bond acceptors (Lipinski definition) is 5. The van der Waals surface area contributed by atoms with E-state index in [2.05, 4.69) is 4.74 Å². The molecule has 0 radical (unpaired) electrons. The summed E-state index contributed by atoms with van der Waals surface area (Å²) in [5.74, 6) is -2.09. The second-order valence-electron chi connectivity index (χ2n) is 2.09. The van der Waals surface area contributed by atoms with Crippen LogP contribution in [0.2, 0.25) is 0 Å². The number of carboxylic acids is 1. The molecule has 0 heterocycles. The molecule has 0 aromatic heterocycles. The van der Waals surface area contributed by atoms with E-state index in [9.17, 15) is 14.4 Å². The zero-order chi connectivity index (χ0) is 11.1. The topological polar surface area (TPSA) is 80.7 Å². The SMILES string of the molecule is [3H][I-]SC(=O)C[C@H](OC(C)=O)C(=O)O. The Hall–Kier alpha value is -0.310. The van der Waals surface area contributed by atoms with Gasteiger partial charge in [-0.2, -0.15) is 0 Å². The van der Waals surface area contributed by atoms with Gasteiger partial charge in [-0.25, -0.2) is 0 Å². The van der Waals surface area contributed by atoms with Crippen LogP contribution < -0.4 is 21.0 Å². The van der Waals surface area contributed by atoms with Gasteiger partial charge in [0.05, 0.1) is 0 Å². The van der Waals surface area contributed by atoms with Crippen LogP contribution in [-0.4, -0.2) is 28.9 Å². The van der Waals surface area contributed by atoms with Gasteiger partial charge in [0.1, 0.15) is 0 Å². The van der Waals surface area contributed by atoms with Gasteiger partial charge in [-0.15, -0.1) is 0 Å². The fraction of sp³-hybridized carbons (Fsp3) is 0.500. The molecule has 1 atom stereocenters. The molecule has 1 N–H and O–H groups in total. The first kappa shape index (κ1) is 10.8. The average molecular weight is 321 g/mol. The zero-order valence-electron chi connectivity index (χ0n) is 7.65. The van der Waals surface area contributed by atoms with Crippen molar-refractivity contribution in [1.82, 2.24) is 0 Å². The van der Waals surface area contributed by atoms with Crippen molar-refractivity contribution in [3.63, 3.8) is 0 Å². The van der Waals surface area contributed by atoms with Gasteiger partial charge in [-0.05, 0) is 0 Å². The fourth-order valence-electron chi connectivity index (χ4n) is 0.563. The van der Waals surface area contributed by atoms with E-state index in [1.54, 1.807) is 0 Å². The van der Waals surface area contributed by atoms with Gasteiger partial charge in [0.25, 0.3) is 0 Å². The Morgan fingerprint density at radius 3 is 2.69 bits per heavy atom. The molecular formula is C6H8IO5S-. The first-order valence-corrected chi connectivity index (χ1v) is 6.54. The third-order valence-corrected chi connectivity index (χ3v) is 2.83. The van der Waals surface area contributed by atoms with E-state index in [0.29, 0.717) is 0 Å². The minimum atomic E-state index is -1.43. The molecule has 5 nitrogen and oxygen atoms in total. The maximum absolute atomic E-state index is 11.0. The molecular weight excluding hydrogens is 311 g/mol. The van der Waals surface area contributed by atoms with Crippen molar-refractivity contribution in [1.29, 1.82) is 0.594 Å². The second kappa shape index (κ2) is 6.19. The van der Waals surface area contributed by atoms with E-state index in [1.807, 2.05) is 0 Å². The van der Waals surface area contributed by atoms with Crippen molar-refractivity contribution in [3.05, 3.63) is 0 Å². The first-order chi connectivity index (χ1) is 6.47.